The van der Waals surface area contributed by atoms with E-state index in [1.165, 1.54) is 12.4 Å². The second-order valence-corrected chi connectivity index (χ2v) is 4.32. The van der Waals surface area contributed by atoms with Crippen molar-refractivity contribution in [1.82, 2.24) is 9.97 Å². The molecular weight excluding hydrogens is 216 g/mol. The average Bonchev–Trinajstić information content (AvgIpc) is 2.13. The Morgan fingerprint density at radius 3 is 2.47 bits per heavy atom. The molecule has 0 saturated heterocycles. The van der Waals surface area contributed by atoms with Crippen LogP contribution in [0.15, 0.2) is 12.4 Å². The van der Waals surface area contributed by atoms with Crippen LogP contribution in [0.4, 0.5) is 0 Å². The van der Waals surface area contributed by atoms with Crippen LogP contribution in [-0.2, 0) is 4.74 Å². The normalized spacial score (nSPS) is 11.5. The highest BCUT2D eigenvalue weighted by Crippen LogP contribution is 2.16. The van der Waals surface area contributed by atoms with E-state index in [0.717, 1.165) is 0 Å². The fourth-order valence-corrected chi connectivity index (χ4v) is 1.05. The quantitative estimate of drug-likeness (QED) is 0.745. The molecule has 5 heteroatoms. The molecule has 15 heavy (non-hydrogen) atoms. The number of aromatic nitrogens is 2. The summed E-state index contributed by atoms with van der Waals surface area (Å²) in [6.45, 7) is 6.87. The summed E-state index contributed by atoms with van der Waals surface area (Å²) in [5.41, 5.74) is -0.157. The molecule has 0 bridgehead atoms. The van der Waals surface area contributed by atoms with Gasteiger partial charge in [0.25, 0.3) is 5.88 Å². The Morgan fingerprint density at radius 1 is 1.20 bits per heavy atom. The molecule has 0 aliphatic rings. The van der Waals surface area contributed by atoms with Gasteiger partial charge in [-0.05, 0) is 20.8 Å². The van der Waals surface area contributed by atoms with Crippen LogP contribution in [0.5, 0.6) is 5.88 Å². The van der Waals surface area contributed by atoms with E-state index in [1.807, 2.05) is 20.8 Å². The van der Waals surface area contributed by atoms with Crippen molar-refractivity contribution >= 4 is 11.6 Å². The van der Waals surface area contributed by atoms with E-state index in [0.29, 0.717) is 19.1 Å². The molecule has 0 aliphatic heterocycles. The van der Waals surface area contributed by atoms with Crippen molar-refractivity contribution in [2.75, 3.05) is 13.2 Å². The maximum absolute atomic E-state index is 5.75. The zero-order valence-corrected chi connectivity index (χ0v) is 9.91. The van der Waals surface area contributed by atoms with Gasteiger partial charge in [-0.2, -0.15) is 0 Å². The first-order valence-electron chi connectivity index (χ1n) is 4.72. The molecule has 0 N–H and O–H groups in total. The molecule has 1 aromatic rings. The lowest BCUT2D eigenvalue weighted by Crippen LogP contribution is -2.22. The second-order valence-electron chi connectivity index (χ2n) is 3.96. The SMILES string of the molecule is CC(C)(C)OCCOc1nccnc1Cl. The highest BCUT2D eigenvalue weighted by Gasteiger charge is 2.10. The summed E-state index contributed by atoms with van der Waals surface area (Å²) in [6.07, 6.45) is 3.05. The number of hydrogen-bond donors (Lipinski definition) is 0. The van der Waals surface area contributed by atoms with Gasteiger partial charge in [0.1, 0.15) is 6.61 Å². The Kier molecular flexibility index (Phi) is 4.29. The number of hydrogen-bond acceptors (Lipinski definition) is 4. The van der Waals surface area contributed by atoms with Gasteiger partial charge in [0, 0.05) is 12.4 Å². The highest BCUT2D eigenvalue weighted by molar-refractivity contribution is 6.30. The Balaban J connectivity index is 2.30. The minimum absolute atomic E-state index is 0.157. The largest absolute Gasteiger partial charge is 0.473 e. The maximum atomic E-state index is 5.75. The molecule has 0 saturated carbocycles. The zero-order chi connectivity index (χ0) is 11.3. The molecule has 84 valence electrons. The minimum Gasteiger partial charge on any atom is -0.473 e. The van der Waals surface area contributed by atoms with Crippen molar-refractivity contribution in [3.63, 3.8) is 0 Å². The van der Waals surface area contributed by atoms with Crippen LogP contribution < -0.4 is 4.74 Å². The van der Waals surface area contributed by atoms with E-state index in [2.05, 4.69) is 9.97 Å². The predicted octanol–water partition coefficient (Wildman–Crippen LogP) is 2.32. The van der Waals surface area contributed by atoms with Gasteiger partial charge in [0.2, 0.25) is 0 Å². The minimum atomic E-state index is -0.157. The van der Waals surface area contributed by atoms with Gasteiger partial charge in [-0.1, -0.05) is 11.6 Å². The summed E-state index contributed by atoms with van der Waals surface area (Å²) >= 11 is 5.75. The van der Waals surface area contributed by atoms with Crippen LogP contribution >= 0.6 is 11.6 Å². The van der Waals surface area contributed by atoms with Crippen LogP contribution in [0.3, 0.4) is 0 Å². The predicted molar refractivity (Wildman–Crippen MR) is 58.2 cm³/mol. The van der Waals surface area contributed by atoms with Gasteiger partial charge in [0.05, 0.1) is 12.2 Å². The molecule has 0 radical (unpaired) electrons. The van der Waals surface area contributed by atoms with E-state index in [1.54, 1.807) is 0 Å². The van der Waals surface area contributed by atoms with Gasteiger partial charge >= 0.3 is 0 Å². The Morgan fingerprint density at radius 2 is 1.87 bits per heavy atom. The maximum Gasteiger partial charge on any atom is 0.252 e. The van der Waals surface area contributed by atoms with E-state index in [9.17, 15) is 0 Å². The number of rotatable bonds is 4. The highest BCUT2D eigenvalue weighted by atomic mass is 35.5. The first-order chi connectivity index (χ1) is 6.99. The van der Waals surface area contributed by atoms with E-state index in [-0.39, 0.29) is 10.8 Å². The van der Waals surface area contributed by atoms with Gasteiger partial charge in [0.15, 0.2) is 5.15 Å². The zero-order valence-electron chi connectivity index (χ0n) is 9.16. The molecule has 0 unspecified atom stereocenters. The first-order valence-corrected chi connectivity index (χ1v) is 5.10. The van der Waals surface area contributed by atoms with Crippen molar-refractivity contribution in [3.8, 4) is 5.88 Å². The lowest BCUT2D eigenvalue weighted by atomic mass is 10.2. The second kappa shape index (κ2) is 5.28. The van der Waals surface area contributed by atoms with Gasteiger partial charge in [-0.25, -0.2) is 9.97 Å². The Hall–Kier alpha value is -0.870. The summed E-state index contributed by atoms with van der Waals surface area (Å²) in [7, 11) is 0. The molecule has 0 aromatic carbocycles. The van der Waals surface area contributed by atoms with Gasteiger partial charge in [-0.15, -0.1) is 0 Å². The summed E-state index contributed by atoms with van der Waals surface area (Å²) in [6, 6.07) is 0. The van der Waals surface area contributed by atoms with E-state index in [4.69, 9.17) is 21.1 Å². The van der Waals surface area contributed by atoms with E-state index >= 15 is 0 Å². The molecule has 4 nitrogen and oxygen atoms in total. The van der Waals surface area contributed by atoms with Crippen molar-refractivity contribution < 1.29 is 9.47 Å². The van der Waals surface area contributed by atoms with Crippen molar-refractivity contribution in [2.24, 2.45) is 0 Å². The third-order valence-electron chi connectivity index (χ3n) is 1.48. The molecule has 0 atom stereocenters. The van der Waals surface area contributed by atoms with Crippen molar-refractivity contribution in [1.29, 1.82) is 0 Å². The number of nitrogens with zero attached hydrogens (tertiary/aromatic N) is 2. The third-order valence-corrected chi connectivity index (χ3v) is 1.74. The van der Waals surface area contributed by atoms with Crippen LogP contribution in [-0.4, -0.2) is 28.8 Å². The standard InChI is InChI=1S/C10H15ClN2O2/c1-10(2,3)15-7-6-14-9-8(11)12-4-5-13-9/h4-5H,6-7H2,1-3H3. The average molecular weight is 231 g/mol. The first kappa shape index (κ1) is 12.2. The molecule has 1 heterocycles. The fourth-order valence-electron chi connectivity index (χ4n) is 0.891. The fraction of sp³-hybridized carbons (Fsp3) is 0.600. The van der Waals surface area contributed by atoms with E-state index < -0.39 is 0 Å². The smallest absolute Gasteiger partial charge is 0.252 e. The van der Waals surface area contributed by atoms with Crippen LogP contribution in [0.25, 0.3) is 0 Å². The van der Waals surface area contributed by atoms with Gasteiger partial charge < -0.3 is 9.47 Å². The Bertz CT molecular complexity index is 313. The molecule has 0 amide bonds. The van der Waals surface area contributed by atoms with Crippen LogP contribution in [0, 0.1) is 0 Å². The molecule has 1 rings (SSSR count). The topological polar surface area (TPSA) is 44.2 Å². The monoisotopic (exact) mass is 230 g/mol. The summed E-state index contributed by atoms with van der Waals surface area (Å²) in [5.74, 6) is 0.344. The summed E-state index contributed by atoms with van der Waals surface area (Å²) < 4.78 is 10.8. The van der Waals surface area contributed by atoms with Crippen LogP contribution in [0.1, 0.15) is 20.8 Å². The van der Waals surface area contributed by atoms with Crippen LogP contribution in [0.2, 0.25) is 5.15 Å². The summed E-state index contributed by atoms with van der Waals surface area (Å²) in [4.78, 5) is 7.78. The van der Waals surface area contributed by atoms with Crippen molar-refractivity contribution in [3.05, 3.63) is 17.5 Å². The molecular formula is C10H15ClN2O2. The lowest BCUT2D eigenvalue weighted by molar-refractivity contribution is -0.0168. The summed E-state index contributed by atoms with van der Waals surface area (Å²) in [5, 5.41) is 0.272. The Labute approximate surface area is 94.6 Å². The molecule has 1 aromatic heterocycles. The third kappa shape index (κ3) is 4.95. The number of ether oxygens (including phenoxy) is 2. The lowest BCUT2D eigenvalue weighted by Gasteiger charge is -2.19. The molecule has 0 fully saturated rings. The number of halogens is 1. The van der Waals surface area contributed by atoms with Gasteiger partial charge in [-0.3, -0.25) is 0 Å². The molecule has 0 aliphatic carbocycles. The van der Waals surface area contributed by atoms with Crippen molar-refractivity contribution in [2.45, 2.75) is 26.4 Å². The molecule has 0 spiro atoms.